The zero-order valence-corrected chi connectivity index (χ0v) is 12.9. The first-order valence-corrected chi connectivity index (χ1v) is 8.21. The van der Waals surface area contributed by atoms with Crippen LogP contribution in [0.15, 0.2) is 0 Å². The molecule has 0 aromatic carbocycles. The highest BCUT2D eigenvalue weighted by atomic mass is 32.2. The summed E-state index contributed by atoms with van der Waals surface area (Å²) in [4.78, 5) is 25.4. The van der Waals surface area contributed by atoms with E-state index >= 15 is 0 Å². The third-order valence-corrected chi connectivity index (χ3v) is 5.84. The molecule has 1 heterocycles. The molecule has 0 saturated carbocycles. The van der Waals surface area contributed by atoms with Crippen LogP contribution in [0, 0.1) is 0 Å². The maximum atomic E-state index is 12.2. The van der Waals surface area contributed by atoms with E-state index in [0.29, 0.717) is 6.42 Å². The minimum absolute atomic E-state index is 0.0236. The quantitative estimate of drug-likeness (QED) is 0.786. The van der Waals surface area contributed by atoms with E-state index in [0.717, 1.165) is 6.26 Å². The van der Waals surface area contributed by atoms with Gasteiger partial charge in [0.15, 0.2) is 9.84 Å². The summed E-state index contributed by atoms with van der Waals surface area (Å²) in [6.07, 6.45) is 1.64. The summed E-state index contributed by atoms with van der Waals surface area (Å²) >= 11 is 0. The summed E-state index contributed by atoms with van der Waals surface area (Å²) in [7, 11) is -3.32. The summed E-state index contributed by atoms with van der Waals surface area (Å²) in [6, 6.07) is -1.20. The molecular weight excluding hydrogens is 268 g/mol. The number of amides is 2. The van der Waals surface area contributed by atoms with Gasteiger partial charge in [-0.15, -0.1) is 0 Å². The lowest BCUT2D eigenvalue weighted by Crippen LogP contribution is -2.64. The van der Waals surface area contributed by atoms with Crippen molar-refractivity contribution in [2.45, 2.75) is 50.9 Å². The lowest BCUT2D eigenvalue weighted by Gasteiger charge is -2.40. The number of sulfone groups is 1. The van der Waals surface area contributed by atoms with Crippen LogP contribution >= 0.6 is 0 Å². The van der Waals surface area contributed by atoms with Crippen LogP contribution in [0.4, 0.5) is 0 Å². The minimum atomic E-state index is -3.32. The van der Waals surface area contributed by atoms with Crippen LogP contribution in [0.2, 0.25) is 0 Å². The summed E-state index contributed by atoms with van der Waals surface area (Å²) in [5.41, 5.74) is 0. The number of rotatable bonds is 4. The van der Waals surface area contributed by atoms with Gasteiger partial charge < -0.3 is 10.2 Å². The number of hydrogen-bond acceptors (Lipinski definition) is 4. The third-order valence-electron chi connectivity index (χ3n) is 3.71. The van der Waals surface area contributed by atoms with Gasteiger partial charge in [-0.1, -0.05) is 6.92 Å². The SMILES string of the molecule is CCC1NC(=O)C(C)N(CC(C)(C)S(C)(=O)=O)C1=O. The van der Waals surface area contributed by atoms with Crippen LogP contribution in [-0.4, -0.2) is 54.8 Å². The molecule has 1 N–H and O–H groups in total. The van der Waals surface area contributed by atoms with Gasteiger partial charge >= 0.3 is 0 Å². The van der Waals surface area contributed by atoms with Gasteiger partial charge in [0.1, 0.15) is 12.1 Å². The van der Waals surface area contributed by atoms with Gasteiger partial charge in [-0.2, -0.15) is 0 Å². The standard InChI is InChI=1S/C12H22N2O4S/c1-6-9-11(16)14(8(2)10(15)13-9)7-12(3,4)19(5,17)18/h8-9H,6-7H2,1-5H3,(H,13,15). The fourth-order valence-corrected chi connectivity index (χ4v) is 2.28. The summed E-state index contributed by atoms with van der Waals surface area (Å²) in [5.74, 6) is -0.456. The number of piperazine rings is 1. The van der Waals surface area contributed by atoms with Crippen LogP contribution in [0.1, 0.15) is 34.1 Å². The Bertz CT molecular complexity index is 484. The molecule has 1 fully saturated rings. The number of nitrogens with one attached hydrogen (secondary N) is 1. The Hall–Kier alpha value is -1.11. The van der Waals surface area contributed by atoms with Gasteiger partial charge in [0.25, 0.3) is 0 Å². The summed E-state index contributed by atoms with van der Waals surface area (Å²) < 4.78 is 22.4. The van der Waals surface area contributed by atoms with Crippen molar-refractivity contribution < 1.29 is 18.0 Å². The smallest absolute Gasteiger partial charge is 0.245 e. The monoisotopic (exact) mass is 290 g/mol. The second-order valence-corrected chi connectivity index (χ2v) is 8.29. The molecule has 0 bridgehead atoms. The largest absolute Gasteiger partial charge is 0.343 e. The lowest BCUT2D eigenvalue weighted by molar-refractivity contribution is -0.149. The van der Waals surface area contributed by atoms with Crippen molar-refractivity contribution in [2.24, 2.45) is 0 Å². The van der Waals surface area contributed by atoms with E-state index in [1.807, 2.05) is 0 Å². The minimum Gasteiger partial charge on any atom is -0.343 e. The molecule has 1 aliphatic rings. The van der Waals surface area contributed by atoms with E-state index in [-0.39, 0.29) is 18.4 Å². The molecule has 0 spiro atoms. The van der Waals surface area contributed by atoms with Crippen molar-refractivity contribution in [3.8, 4) is 0 Å². The van der Waals surface area contributed by atoms with Crippen molar-refractivity contribution in [3.05, 3.63) is 0 Å². The molecule has 0 radical (unpaired) electrons. The molecule has 0 aromatic rings. The molecule has 6 nitrogen and oxygen atoms in total. The van der Waals surface area contributed by atoms with E-state index in [1.165, 1.54) is 4.90 Å². The van der Waals surface area contributed by atoms with E-state index in [4.69, 9.17) is 0 Å². The number of carbonyl (C=O) groups excluding carboxylic acids is 2. The Labute approximate surface area is 114 Å². The zero-order valence-electron chi connectivity index (χ0n) is 12.1. The van der Waals surface area contributed by atoms with E-state index < -0.39 is 26.7 Å². The predicted molar refractivity (Wildman–Crippen MR) is 72.3 cm³/mol. The first kappa shape index (κ1) is 15.9. The summed E-state index contributed by atoms with van der Waals surface area (Å²) in [5, 5.41) is 2.64. The van der Waals surface area contributed by atoms with Gasteiger partial charge in [0.2, 0.25) is 11.8 Å². The molecule has 2 unspecified atom stereocenters. The molecule has 1 saturated heterocycles. The first-order chi connectivity index (χ1) is 8.51. The van der Waals surface area contributed by atoms with Crippen molar-refractivity contribution in [3.63, 3.8) is 0 Å². The Morgan fingerprint density at radius 1 is 1.32 bits per heavy atom. The molecular formula is C12H22N2O4S. The average molecular weight is 290 g/mol. The molecule has 7 heteroatoms. The molecule has 110 valence electrons. The predicted octanol–water partition coefficient (Wildman–Crippen LogP) is -0.0649. The fraction of sp³-hybridized carbons (Fsp3) is 0.833. The first-order valence-electron chi connectivity index (χ1n) is 6.31. The topological polar surface area (TPSA) is 83.6 Å². The van der Waals surface area contributed by atoms with Gasteiger partial charge in [-0.3, -0.25) is 9.59 Å². The number of carbonyl (C=O) groups is 2. The van der Waals surface area contributed by atoms with Gasteiger partial charge in [-0.25, -0.2) is 8.42 Å². The van der Waals surface area contributed by atoms with Crippen molar-refractivity contribution in [2.75, 3.05) is 12.8 Å². The maximum Gasteiger partial charge on any atom is 0.245 e. The molecule has 0 aromatic heterocycles. The van der Waals surface area contributed by atoms with Crippen molar-refractivity contribution in [1.82, 2.24) is 10.2 Å². The van der Waals surface area contributed by atoms with Crippen LogP contribution < -0.4 is 5.32 Å². The normalized spacial score (nSPS) is 25.4. The van der Waals surface area contributed by atoms with Crippen LogP contribution in [0.25, 0.3) is 0 Å². The van der Waals surface area contributed by atoms with E-state index in [2.05, 4.69) is 5.32 Å². The molecule has 1 aliphatic heterocycles. The molecule has 2 atom stereocenters. The highest BCUT2D eigenvalue weighted by molar-refractivity contribution is 7.92. The Morgan fingerprint density at radius 2 is 1.84 bits per heavy atom. The Balaban J connectivity index is 3.03. The highest BCUT2D eigenvalue weighted by Gasteiger charge is 2.42. The molecule has 0 aliphatic carbocycles. The fourth-order valence-electron chi connectivity index (χ4n) is 1.91. The summed E-state index contributed by atoms with van der Waals surface area (Å²) in [6.45, 7) is 6.57. The molecule has 2 amide bonds. The molecule has 19 heavy (non-hydrogen) atoms. The van der Waals surface area contributed by atoms with E-state index in [1.54, 1.807) is 27.7 Å². The van der Waals surface area contributed by atoms with Crippen molar-refractivity contribution >= 4 is 21.7 Å². The van der Waals surface area contributed by atoms with E-state index in [9.17, 15) is 18.0 Å². The Morgan fingerprint density at radius 3 is 2.26 bits per heavy atom. The Kier molecular flexibility index (Phi) is 4.29. The van der Waals surface area contributed by atoms with Crippen LogP contribution in [0.5, 0.6) is 0 Å². The van der Waals surface area contributed by atoms with Gasteiger partial charge in [0, 0.05) is 12.8 Å². The van der Waals surface area contributed by atoms with Crippen LogP contribution in [0.3, 0.4) is 0 Å². The second kappa shape index (κ2) is 5.11. The zero-order chi connectivity index (χ0) is 15.0. The van der Waals surface area contributed by atoms with Crippen molar-refractivity contribution in [1.29, 1.82) is 0 Å². The second-order valence-electron chi connectivity index (χ2n) is 5.64. The highest BCUT2D eigenvalue weighted by Crippen LogP contribution is 2.21. The van der Waals surface area contributed by atoms with Gasteiger partial charge in [0.05, 0.1) is 4.75 Å². The lowest BCUT2D eigenvalue weighted by atomic mass is 10.0. The average Bonchev–Trinajstić information content (AvgIpc) is 2.27. The number of hydrogen-bond donors (Lipinski definition) is 1. The third kappa shape index (κ3) is 3.08. The number of nitrogens with zero attached hydrogens (tertiary/aromatic N) is 1. The van der Waals surface area contributed by atoms with Gasteiger partial charge in [-0.05, 0) is 27.2 Å². The molecule has 1 rings (SSSR count). The maximum absolute atomic E-state index is 12.2. The van der Waals surface area contributed by atoms with Crippen LogP contribution in [-0.2, 0) is 19.4 Å².